The maximum absolute atomic E-state index is 13.3. The van der Waals surface area contributed by atoms with Gasteiger partial charge in [-0.1, -0.05) is 0 Å². The molecule has 1 heterocycles. The number of hydrogen-bond donors (Lipinski definition) is 2. The molecular formula is C12H12F2N4O3. The Bertz CT molecular complexity index is 647. The van der Waals surface area contributed by atoms with Crippen molar-refractivity contribution in [2.45, 2.75) is 12.6 Å². The fraction of sp³-hybridized carbons (Fsp3) is 0.250. The van der Waals surface area contributed by atoms with Crippen LogP contribution in [0.15, 0.2) is 30.6 Å². The predicted octanol–water partition coefficient (Wildman–Crippen LogP) is 1.54. The highest BCUT2D eigenvalue weighted by Gasteiger charge is 2.12. The lowest BCUT2D eigenvalue weighted by atomic mass is 10.2. The second kappa shape index (κ2) is 6.27. The first-order valence-electron chi connectivity index (χ1n) is 5.99. The molecule has 0 radical (unpaired) electrons. The van der Waals surface area contributed by atoms with E-state index in [4.69, 9.17) is 0 Å². The van der Waals surface area contributed by atoms with Crippen LogP contribution < -0.4 is 5.32 Å². The number of aliphatic hydroxyl groups is 1. The van der Waals surface area contributed by atoms with E-state index in [1.807, 2.05) is 0 Å². The lowest BCUT2D eigenvalue weighted by Gasteiger charge is -2.13. The molecule has 0 fully saturated rings. The number of rotatable bonds is 6. The maximum atomic E-state index is 13.3. The minimum Gasteiger partial charge on any atom is -0.389 e. The molecule has 0 bridgehead atoms. The molecule has 112 valence electrons. The van der Waals surface area contributed by atoms with Crippen molar-refractivity contribution >= 4 is 11.4 Å². The summed E-state index contributed by atoms with van der Waals surface area (Å²) in [6.45, 7) is -0.0776. The fourth-order valence-corrected chi connectivity index (χ4v) is 1.69. The molecule has 0 spiro atoms. The maximum Gasteiger partial charge on any atom is 0.306 e. The number of aromatic nitrogens is 2. The number of anilines is 1. The Balaban J connectivity index is 1.90. The molecule has 0 aliphatic rings. The Morgan fingerprint density at radius 2 is 2.24 bits per heavy atom. The van der Waals surface area contributed by atoms with E-state index in [-0.39, 0.29) is 24.5 Å². The van der Waals surface area contributed by atoms with Crippen LogP contribution in [0.2, 0.25) is 0 Å². The summed E-state index contributed by atoms with van der Waals surface area (Å²) < 4.78 is 27.5. The van der Waals surface area contributed by atoms with Crippen LogP contribution in [-0.4, -0.2) is 32.5 Å². The number of nitrogens with zero attached hydrogens (tertiary/aromatic N) is 3. The van der Waals surface area contributed by atoms with Crippen molar-refractivity contribution in [2.24, 2.45) is 0 Å². The molecule has 0 saturated carbocycles. The van der Waals surface area contributed by atoms with Crippen molar-refractivity contribution in [3.05, 3.63) is 52.3 Å². The molecular weight excluding hydrogens is 286 g/mol. The highest BCUT2D eigenvalue weighted by molar-refractivity contribution is 5.44. The Kier molecular flexibility index (Phi) is 4.43. The Labute approximate surface area is 118 Å². The van der Waals surface area contributed by atoms with Gasteiger partial charge in [-0.05, 0) is 18.2 Å². The minimum absolute atomic E-state index is 0.0161. The number of benzene rings is 1. The largest absolute Gasteiger partial charge is 0.389 e. The van der Waals surface area contributed by atoms with Crippen LogP contribution >= 0.6 is 0 Å². The Morgan fingerprint density at radius 3 is 2.90 bits per heavy atom. The first kappa shape index (κ1) is 14.9. The van der Waals surface area contributed by atoms with Crippen LogP contribution in [0.25, 0.3) is 0 Å². The van der Waals surface area contributed by atoms with Crippen LogP contribution in [0.5, 0.6) is 0 Å². The van der Waals surface area contributed by atoms with Crippen molar-refractivity contribution in [2.75, 3.05) is 11.9 Å². The van der Waals surface area contributed by atoms with Gasteiger partial charge in [0, 0.05) is 6.54 Å². The van der Waals surface area contributed by atoms with E-state index in [0.29, 0.717) is 0 Å². The molecule has 1 aromatic carbocycles. The summed E-state index contributed by atoms with van der Waals surface area (Å²) in [5.74, 6) is -1.24. The molecule has 2 N–H and O–H groups in total. The lowest BCUT2D eigenvalue weighted by Crippen LogP contribution is -2.25. The monoisotopic (exact) mass is 298 g/mol. The van der Waals surface area contributed by atoms with E-state index in [2.05, 4.69) is 10.4 Å². The first-order valence-corrected chi connectivity index (χ1v) is 5.99. The van der Waals surface area contributed by atoms with Gasteiger partial charge in [-0.2, -0.15) is 5.10 Å². The standard InChI is InChI=1S/C12H12F2N4O3/c13-8-1-2-11(14)12(3-8)15-5-10(19)7-17-6-9(4-16-17)18(20)21/h1-4,6,10,15,19H,5,7H2. The van der Waals surface area contributed by atoms with Crippen molar-refractivity contribution in [3.8, 4) is 0 Å². The number of halogens is 2. The van der Waals surface area contributed by atoms with E-state index in [1.165, 1.54) is 10.9 Å². The van der Waals surface area contributed by atoms with Gasteiger partial charge < -0.3 is 10.4 Å². The van der Waals surface area contributed by atoms with Gasteiger partial charge in [0.05, 0.1) is 23.3 Å². The summed E-state index contributed by atoms with van der Waals surface area (Å²) in [5.41, 5.74) is -0.258. The van der Waals surface area contributed by atoms with Gasteiger partial charge in [0.1, 0.15) is 24.0 Å². The van der Waals surface area contributed by atoms with Gasteiger partial charge in [-0.15, -0.1) is 0 Å². The van der Waals surface area contributed by atoms with Gasteiger partial charge in [-0.3, -0.25) is 14.8 Å². The van der Waals surface area contributed by atoms with E-state index in [0.717, 1.165) is 24.4 Å². The Morgan fingerprint density at radius 1 is 1.48 bits per heavy atom. The van der Waals surface area contributed by atoms with E-state index >= 15 is 0 Å². The van der Waals surface area contributed by atoms with Crippen LogP contribution in [0.4, 0.5) is 20.2 Å². The SMILES string of the molecule is O=[N+]([O-])c1cnn(CC(O)CNc2cc(F)ccc2F)c1. The first-order chi connectivity index (χ1) is 9.95. The predicted molar refractivity (Wildman–Crippen MR) is 69.7 cm³/mol. The molecule has 1 unspecified atom stereocenters. The van der Waals surface area contributed by atoms with Gasteiger partial charge in [0.25, 0.3) is 0 Å². The summed E-state index contributed by atoms with van der Waals surface area (Å²) in [6.07, 6.45) is 1.26. The molecule has 1 atom stereocenters. The highest BCUT2D eigenvalue weighted by Crippen LogP contribution is 2.15. The van der Waals surface area contributed by atoms with Crippen molar-refractivity contribution in [1.29, 1.82) is 0 Å². The normalized spacial score (nSPS) is 12.1. The Hall–Kier alpha value is -2.55. The molecule has 0 aliphatic carbocycles. The molecule has 2 aromatic rings. The molecule has 2 rings (SSSR count). The van der Waals surface area contributed by atoms with Gasteiger partial charge in [0.2, 0.25) is 0 Å². The zero-order valence-electron chi connectivity index (χ0n) is 10.7. The smallest absolute Gasteiger partial charge is 0.306 e. The lowest BCUT2D eigenvalue weighted by molar-refractivity contribution is -0.385. The van der Waals surface area contributed by atoms with Crippen molar-refractivity contribution in [3.63, 3.8) is 0 Å². The van der Waals surface area contributed by atoms with Gasteiger partial charge in [-0.25, -0.2) is 8.78 Å². The molecule has 0 saturated heterocycles. The molecule has 7 nitrogen and oxygen atoms in total. The topological polar surface area (TPSA) is 93.2 Å². The van der Waals surface area contributed by atoms with E-state index < -0.39 is 22.7 Å². The van der Waals surface area contributed by atoms with Crippen LogP contribution in [0.1, 0.15) is 0 Å². The molecule has 21 heavy (non-hydrogen) atoms. The summed E-state index contributed by atoms with van der Waals surface area (Å²) in [7, 11) is 0. The third-order valence-corrected chi connectivity index (χ3v) is 2.68. The second-order valence-electron chi connectivity index (χ2n) is 4.34. The van der Waals surface area contributed by atoms with Crippen molar-refractivity contribution in [1.82, 2.24) is 9.78 Å². The molecule has 0 amide bonds. The zero-order chi connectivity index (χ0) is 15.4. The quantitative estimate of drug-likeness (QED) is 0.623. The summed E-state index contributed by atoms with van der Waals surface area (Å²) >= 11 is 0. The van der Waals surface area contributed by atoms with E-state index in [9.17, 15) is 24.0 Å². The number of hydrogen-bond acceptors (Lipinski definition) is 5. The average Bonchev–Trinajstić information content (AvgIpc) is 2.88. The molecule has 1 aromatic heterocycles. The zero-order valence-corrected chi connectivity index (χ0v) is 10.7. The average molecular weight is 298 g/mol. The van der Waals surface area contributed by atoms with Gasteiger partial charge >= 0.3 is 5.69 Å². The van der Waals surface area contributed by atoms with Crippen LogP contribution in [0.3, 0.4) is 0 Å². The fourth-order valence-electron chi connectivity index (χ4n) is 1.69. The van der Waals surface area contributed by atoms with E-state index in [1.54, 1.807) is 0 Å². The van der Waals surface area contributed by atoms with Crippen LogP contribution in [-0.2, 0) is 6.54 Å². The van der Waals surface area contributed by atoms with Crippen LogP contribution in [0, 0.1) is 21.7 Å². The third kappa shape index (κ3) is 3.96. The van der Waals surface area contributed by atoms with Gasteiger partial charge in [0.15, 0.2) is 0 Å². The summed E-state index contributed by atoms with van der Waals surface area (Å²) in [6, 6.07) is 2.93. The molecule has 0 aliphatic heterocycles. The number of aliphatic hydroxyl groups excluding tert-OH is 1. The number of nitrogens with one attached hydrogen (secondary N) is 1. The minimum atomic E-state index is -0.979. The third-order valence-electron chi connectivity index (χ3n) is 2.68. The van der Waals surface area contributed by atoms with Crippen molar-refractivity contribution < 1.29 is 18.8 Å². The highest BCUT2D eigenvalue weighted by atomic mass is 19.1. The molecule has 9 heteroatoms. The number of nitro groups is 1. The summed E-state index contributed by atoms with van der Waals surface area (Å²) in [5, 5.41) is 26.5. The second-order valence-corrected chi connectivity index (χ2v) is 4.34. The summed E-state index contributed by atoms with van der Waals surface area (Å²) in [4.78, 5) is 9.88.